The highest BCUT2D eigenvalue weighted by Gasteiger charge is 2.29. The number of alkyl halides is 1. The van der Waals surface area contributed by atoms with Gasteiger partial charge in [0.15, 0.2) is 0 Å². The Kier molecular flexibility index (Phi) is 3.97. The number of ether oxygens (including phenoxy) is 1. The van der Waals surface area contributed by atoms with Crippen LogP contribution in [0.2, 0.25) is 0 Å². The van der Waals surface area contributed by atoms with Crippen molar-refractivity contribution in [2.24, 2.45) is 0 Å². The number of hydrogen-bond acceptors (Lipinski definition) is 3. The Balaban J connectivity index is 2.12. The summed E-state index contributed by atoms with van der Waals surface area (Å²) in [6, 6.07) is 3.60. The summed E-state index contributed by atoms with van der Waals surface area (Å²) in [6.45, 7) is 3.04. The Bertz CT molecular complexity index is 385. The van der Waals surface area contributed by atoms with E-state index in [9.17, 15) is 4.79 Å². The van der Waals surface area contributed by atoms with Crippen molar-refractivity contribution in [3.05, 3.63) is 30.1 Å². The summed E-state index contributed by atoms with van der Waals surface area (Å²) >= 11 is 5.77. The van der Waals surface area contributed by atoms with Gasteiger partial charge in [0.1, 0.15) is 0 Å². The molecule has 0 aliphatic carbocycles. The maximum Gasteiger partial charge on any atom is 0.255 e. The summed E-state index contributed by atoms with van der Waals surface area (Å²) in [5.74, 6) is 0.396. The molecule has 0 saturated carbocycles. The zero-order chi connectivity index (χ0) is 12.3. The summed E-state index contributed by atoms with van der Waals surface area (Å²) < 4.78 is 5.51. The number of carbonyl (C=O) groups is 1. The minimum atomic E-state index is -0.0755. The molecule has 92 valence electrons. The Labute approximate surface area is 106 Å². The molecule has 1 aromatic rings. The van der Waals surface area contributed by atoms with E-state index in [1.165, 1.54) is 0 Å². The second kappa shape index (κ2) is 5.47. The molecule has 0 aromatic carbocycles. The van der Waals surface area contributed by atoms with Gasteiger partial charge in [0, 0.05) is 18.9 Å². The fourth-order valence-electron chi connectivity index (χ4n) is 1.85. The second-order valence-electron chi connectivity index (χ2n) is 4.16. The van der Waals surface area contributed by atoms with Crippen LogP contribution in [0.3, 0.4) is 0 Å². The predicted octanol–water partition coefficient (Wildman–Crippen LogP) is 1.55. The third kappa shape index (κ3) is 2.76. The van der Waals surface area contributed by atoms with Crippen molar-refractivity contribution in [2.45, 2.75) is 19.1 Å². The van der Waals surface area contributed by atoms with E-state index in [2.05, 4.69) is 4.98 Å². The number of halogens is 1. The molecule has 2 rings (SSSR count). The third-order valence-corrected chi connectivity index (χ3v) is 3.19. The lowest BCUT2D eigenvalue weighted by Crippen LogP contribution is -2.51. The molecule has 1 aromatic heterocycles. The summed E-state index contributed by atoms with van der Waals surface area (Å²) in [5, 5.41) is 0. The lowest BCUT2D eigenvalue weighted by Gasteiger charge is -2.37. The molecule has 4 nitrogen and oxygen atoms in total. The van der Waals surface area contributed by atoms with E-state index in [0.29, 0.717) is 24.6 Å². The van der Waals surface area contributed by atoms with Crippen LogP contribution in [0.15, 0.2) is 24.5 Å². The van der Waals surface area contributed by atoms with E-state index in [0.717, 1.165) is 0 Å². The molecule has 2 heterocycles. The minimum absolute atomic E-state index is 0.0102. The van der Waals surface area contributed by atoms with Gasteiger partial charge in [-0.05, 0) is 19.1 Å². The van der Waals surface area contributed by atoms with Crippen LogP contribution >= 0.6 is 11.6 Å². The summed E-state index contributed by atoms with van der Waals surface area (Å²) in [7, 11) is 0. The van der Waals surface area contributed by atoms with E-state index in [4.69, 9.17) is 16.3 Å². The lowest BCUT2D eigenvalue weighted by molar-refractivity contribution is -0.0371. The van der Waals surface area contributed by atoms with Crippen LogP contribution in [0.25, 0.3) is 0 Å². The van der Waals surface area contributed by atoms with Gasteiger partial charge in [-0.1, -0.05) is 0 Å². The van der Waals surface area contributed by atoms with Crippen molar-refractivity contribution < 1.29 is 9.53 Å². The fraction of sp³-hybridized carbons (Fsp3) is 0.500. The van der Waals surface area contributed by atoms with Gasteiger partial charge in [-0.3, -0.25) is 9.78 Å². The molecule has 0 N–H and O–H groups in total. The highest BCUT2D eigenvalue weighted by molar-refractivity contribution is 6.18. The van der Waals surface area contributed by atoms with E-state index < -0.39 is 0 Å². The Hall–Kier alpha value is -1.13. The van der Waals surface area contributed by atoms with E-state index >= 15 is 0 Å². The smallest absolute Gasteiger partial charge is 0.255 e. The molecule has 1 aliphatic rings. The van der Waals surface area contributed by atoms with Gasteiger partial charge in [-0.15, -0.1) is 11.6 Å². The summed E-state index contributed by atoms with van der Waals surface area (Å²) in [4.78, 5) is 18.0. The topological polar surface area (TPSA) is 42.4 Å². The second-order valence-corrected chi connectivity index (χ2v) is 4.47. The highest BCUT2D eigenvalue weighted by atomic mass is 35.5. The molecule has 2 unspecified atom stereocenters. The van der Waals surface area contributed by atoms with Gasteiger partial charge >= 0.3 is 0 Å². The maximum atomic E-state index is 12.3. The number of hydrogen-bond donors (Lipinski definition) is 0. The molecule has 5 heteroatoms. The lowest BCUT2D eigenvalue weighted by atomic mass is 10.1. The van der Waals surface area contributed by atoms with Crippen molar-refractivity contribution in [1.82, 2.24) is 9.88 Å². The molecular formula is C12H15ClN2O2. The quantitative estimate of drug-likeness (QED) is 0.752. The molecule has 0 spiro atoms. The molecular weight excluding hydrogens is 240 g/mol. The fourth-order valence-corrected chi connectivity index (χ4v) is 2.04. The van der Waals surface area contributed by atoms with Crippen molar-refractivity contribution in [1.29, 1.82) is 0 Å². The molecule has 0 radical (unpaired) electrons. The van der Waals surface area contributed by atoms with Gasteiger partial charge in [-0.2, -0.15) is 0 Å². The minimum Gasteiger partial charge on any atom is -0.373 e. The monoisotopic (exact) mass is 254 g/mol. The first-order valence-electron chi connectivity index (χ1n) is 5.61. The Morgan fingerprint density at radius 3 is 3.18 bits per heavy atom. The van der Waals surface area contributed by atoms with E-state index in [1.54, 1.807) is 29.4 Å². The number of nitrogens with zero attached hydrogens (tertiary/aromatic N) is 2. The zero-order valence-corrected chi connectivity index (χ0v) is 10.4. The molecule has 1 saturated heterocycles. The maximum absolute atomic E-state index is 12.3. The average Bonchev–Trinajstić information content (AvgIpc) is 2.39. The highest BCUT2D eigenvalue weighted by Crippen LogP contribution is 2.15. The number of pyridine rings is 1. The van der Waals surface area contributed by atoms with Gasteiger partial charge < -0.3 is 9.64 Å². The first kappa shape index (κ1) is 12.3. The van der Waals surface area contributed by atoms with Crippen molar-refractivity contribution >= 4 is 17.5 Å². The van der Waals surface area contributed by atoms with Crippen LogP contribution in [-0.4, -0.2) is 47.0 Å². The van der Waals surface area contributed by atoms with Gasteiger partial charge in [0.2, 0.25) is 0 Å². The molecule has 0 bridgehead atoms. The Morgan fingerprint density at radius 2 is 2.53 bits per heavy atom. The number of morpholine rings is 1. The molecule has 2 atom stereocenters. The van der Waals surface area contributed by atoms with Gasteiger partial charge in [0.25, 0.3) is 5.91 Å². The van der Waals surface area contributed by atoms with Gasteiger partial charge in [-0.25, -0.2) is 0 Å². The third-order valence-electron chi connectivity index (χ3n) is 2.85. The number of aromatic nitrogens is 1. The van der Waals surface area contributed by atoms with Crippen LogP contribution in [0.1, 0.15) is 17.3 Å². The first-order valence-corrected chi connectivity index (χ1v) is 6.14. The van der Waals surface area contributed by atoms with Crippen molar-refractivity contribution in [3.8, 4) is 0 Å². The predicted molar refractivity (Wildman–Crippen MR) is 65.2 cm³/mol. The van der Waals surface area contributed by atoms with Crippen LogP contribution in [0, 0.1) is 0 Å². The van der Waals surface area contributed by atoms with Crippen LogP contribution in [0.4, 0.5) is 0 Å². The van der Waals surface area contributed by atoms with E-state index in [-0.39, 0.29) is 18.1 Å². The van der Waals surface area contributed by atoms with Crippen molar-refractivity contribution in [2.75, 3.05) is 19.0 Å². The standard InChI is InChI=1S/C12H15ClN2O2/c1-9-8-17-11(5-13)7-15(9)12(16)10-3-2-4-14-6-10/h2-4,6,9,11H,5,7-8H2,1H3. The summed E-state index contributed by atoms with van der Waals surface area (Å²) in [6.07, 6.45) is 3.16. The SMILES string of the molecule is CC1COC(CCl)CN1C(=O)c1cccnc1. The number of rotatable bonds is 2. The van der Waals surface area contributed by atoms with Crippen LogP contribution in [0.5, 0.6) is 0 Å². The largest absolute Gasteiger partial charge is 0.373 e. The van der Waals surface area contributed by atoms with Gasteiger partial charge in [0.05, 0.1) is 30.2 Å². The molecule has 1 fully saturated rings. The average molecular weight is 255 g/mol. The summed E-state index contributed by atoms with van der Waals surface area (Å²) in [5.41, 5.74) is 0.606. The van der Waals surface area contributed by atoms with Crippen LogP contribution in [-0.2, 0) is 4.74 Å². The molecule has 1 aliphatic heterocycles. The zero-order valence-electron chi connectivity index (χ0n) is 9.67. The number of amides is 1. The normalized spacial score (nSPS) is 24.7. The van der Waals surface area contributed by atoms with Crippen LogP contribution < -0.4 is 0 Å². The first-order chi connectivity index (χ1) is 8.22. The molecule has 1 amide bonds. The number of carbonyl (C=O) groups excluding carboxylic acids is 1. The Morgan fingerprint density at radius 1 is 1.71 bits per heavy atom. The molecule has 17 heavy (non-hydrogen) atoms. The van der Waals surface area contributed by atoms with Crippen molar-refractivity contribution in [3.63, 3.8) is 0 Å². The van der Waals surface area contributed by atoms with E-state index in [1.807, 2.05) is 6.92 Å².